The maximum atomic E-state index is 4.85. The molecule has 0 saturated heterocycles. The summed E-state index contributed by atoms with van der Waals surface area (Å²) in [6.45, 7) is 2.65. The zero-order valence-corrected chi connectivity index (χ0v) is 11.7. The Hall–Kier alpha value is -1.60. The second kappa shape index (κ2) is 7.10. The fraction of sp³-hybridized carbons (Fsp3) is 0.333. The Bertz CT molecular complexity index is 471. The average molecular weight is 253 g/mol. The molecule has 0 fully saturated rings. The third kappa shape index (κ3) is 3.68. The van der Waals surface area contributed by atoms with Crippen LogP contribution in [0.3, 0.4) is 0 Å². The third-order valence-corrected chi connectivity index (χ3v) is 3.51. The van der Waals surface area contributed by atoms with Gasteiger partial charge in [0.2, 0.25) is 0 Å². The molecule has 100 valence electrons. The topological polar surface area (TPSA) is 26.0 Å². The summed E-state index contributed by atoms with van der Waals surface area (Å²) in [5.41, 5.74) is 10.9. The van der Waals surface area contributed by atoms with Crippen molar-refractivity contribution in [3.05, 3.63) is 70.8 Å². The molecule has 0 atom stereocenters. The van der Waals surface area contributed by atoms with E-state index in [0.29, 0.717) is 0 Å². The van der Waals surface area contributed by atoms with Gasteiger partial charge in [-0.3, -0.25) is 0 Å². The van der Waals surface area contributed by atoms with Crippen molar-refractivity contribution in [2.45, 2.75) is 32.6 Å². The molecular formula is C18H23N. The van der Waals surface area contributed by atoms with E-state index in [-0.39, 0.29) is 0 Å². The Balaban J connectivity index is 0.000000408. The van der Waals surface area contributed by atoms with Crippen molar-refractivity contribution in [1.82, 2.24) is 0 Å². The summed E-state index contributed by atoms with van der Waals surface area (Å²) in [4.78, 5) is 0. The lowest BCUT2D eigenvalue weighted by Crippen LogP contribution is -2.04. The van der Waals surface area contributed by atoms with Crippen LogP contribution in [0.15, 0.2) is 48.5 Å². The molecule has 1 aliphatic rings. The van der Waals surface area contributed by atoms with Crippen molar-refractivity contribution in [3.63, 3.8) is 0 Å². The molecule has 19 heavy (non-hydrogen) atoms. The van der Waals surface area contributed by atoms with E-state index in [1.54, 1.807) is 0 Å². The van der Waals surface area contributed by atoms with E-state index in [0.717, 1.165) is 13.0 Å². The van der Waals surface area contributed by atoms with Crippen LogP contribution in [-0.4, -0.2) is 6.54 Å². The highest BCUT2D eigenvalue weighted by Crippen LogP contribution is 2.23. The van der Waals surface area contributed by atoms with E-state index in [9.17, 15) is 0 Å². The molecule has 0 aromatic heterocycles. The molecule has 3 rings (SSSR count). The quantitative estimate of drug-likeness (QED) is 0.760. The van der Waals surface area contributed by atoms with E-state index in [2.05, 4.69) is 48.5 Å². The Kier molecular flexibility index (Phi) is 5.17. The Morgan fingerprint density at radius 2 is 1.16 bits per heavy atom. The van der Waals surface area contributed by atoms with Gasteiger partial charge in [-0.1, -0.05) is 55.5 Å². The van der Waals surface area contributed by atoms with Gasteiger partial charge >= 0.3 is 0 Å². The second-order valence-corrected chi connectivity index (χ2v) is 4.98. The number of fused-ring (bicyclic) bond motifs is 2. The van der Waals surface area contributed by atoms with Gasteiger partial charge in [0.1, 0.15) is 0 Å². The monoisotopic (exact) mass is 253 g/mol. The van der Waals surface area contributed by atoms with Crippen LogP contribution in [0.5, 0.6) is 0 Å². The van der Waals surface area contributed by atoms with Gasteiger partial charge in [0, 0.05) is 0 Å². The van der Waals surface area contributed by atoms with Crippen LogP contribution in [0.25, 0.3) is 0 Å². The van der Waals surface area contributed by atoms with Crippen molar-refractivity contribution in [1.29, 1.82) is 0 Å². The highest BCUT2D eigenvalue weighted by Gasteiger charge is 2.10. The molecule has 2 N–H and O–H groups in total. The summed E-state index contributed by atoms with van der Waals surface area (Å²) in [5.74, 6) is 0. The Morgan fingerprint density at radius 3 is 1.58 bits per heavy atom. The van der Waals surface area contributed by atoms with E-state index < -0.39 is 0 Å². The number of hydrogen-bond acceptors (Lipinski definition) is 1. The van der Waals surface area contributed by atoms with Gasteiger partial charge in [-0.05, 0) is 54.5 Å². The van der Waals surface area contributed by atoms with Crippen LogP contribution in [-0.2, 0) is 19.3 Å². The molecule has 0 aliphatic heterocycles. The standard InChI is InChI=1S/C16H16.C2H7N/c1-3-8-15-12-16-9-4-2-7-14(16)11-5-10-13(15)6-1;1-2-3/h1-4,6-9H,5,10-12H2;2-3H2,1H3. The van der Waals surface area contributed by atoms with E-state index in [1.807, 2.05) is 6.92 Å². The SMILES string of the molecule is CCN.c1ccc2c(c1)CCCc1ccccc1C2. The number of nitrogens with two attached hydrogens (primary N) is 1. The smallest absolute Gasteiger partial charge is 0.00203 e. The van der Waals surface area contributed by atoms with Gasteiger partial charge in [-0.2, -0.15) is 0 Å². The lowest BCUT2D eigenvalue weighted by molar-refractivity contribution is 0.790. The summed E-state index contributed by atoms with van der Waals surface area (Å²) >= 11 is 0. The van der Waals surface area contributed by atoms with Crippen LogP contribution in [0, 0.1) is 0 Å². The first-order valence-electron chi connectivity index (χ1n) is 7.18. The van der Waals surface area contributed by atoms with Crippen molar-refractivity contribution in [2.24, 2.45) is 5.73 Å². The van der Waals surface area contributed by atoms with Crippen molar-refractivity contribution < 1.29 is 0 Å². The van der Waals surface area contributed by atoms with Gasteiger partial charge < -0.3 is 5.73 Å². The van der Waals surface area contributed by atoms with Crippen LogP contribution < -0.4 is 5.73 Å². The highest BCUT2D eigenvalue weighted by molar-refractivity contribution is 5.38. The molecule has 0 spiro atoms. The maximum absolute atomic E-state index is 4.85. The highest BCUT2D eigenvalue weighted by atomic mass is 14.5. The minimum atomic E-state index is 0.750. The number of aryl methyl sites for hydroxylation is 2. The summed E-state index contributed by atoms with van der Waals surface area (Å²) in [6.07, 6.45) is 4.83. The molecule has 1 nitrogen and oxygen atoms in total. The maximum Gasteiger partial charge on any atom is -0.00203 e. The van der Waals surface area contributed by atoms with Crippen molar-refractivity contribution in [3.8, 4) is 0 Å². The fourth-order valence-electron chi connectivity index (χ4n) is 2.62. The number of hydrogen-bond donors (Lipinski definition) is 1. The normalized spacial score (nSPS) is 13.2. The van der Waals surface area contributed by atoms with Crippen LogP contribution in [0.4, 0.5) is 0 Å². The van der Waals surface area contributed by atoms with Crippen molar-refractivity contribution >= 4 is 0 Å². The summed E-state index contributed by atoms with van der Waals surface area (Å²) in [6, 6.07) is 17.7. The molecule has 0 unspecified atom stereocenters. The van der Waals surface area contributed by atoms with Gasteiger partial charge in [-0.15, -0.1) is 0 Å². The zero-order chi connectivity index (χ0) is 13.5. The van der Waals surface area contributed by atoms with Gasteiger partial charge in [-0.25, -0.2) is 0 Å². The Morgan fingerprint density at radius 1 is 0.789 bits per heavy atom. The van der Waals surface area contributed by atoms with Crippen LogP contribution in [0.1, 0.15) is 35.6 Å². The van der Waals surface area contributed by atoms with Crippen LogP contribution in [0.2, 0.25) is 0 Å². The molecule has 1 aliphatic carbocycles. The predicted octanol–water partition coefficient (Wildman–Crippen LogP) is 3.73. The summed E-state index contributed by atoms with van der Waals surface area (Å²) < 4.78 is 0. The molecule has 0 amide bonds. The van der Waals surface area contributed by atoms with Gasteiger partial charge in [0.05, 0.1) is 0 Å². The molecule has 0 heterocycles. The van der Waals surface area contributed by atoms with E-state index >= 15 is 0 Å². The fourth-order valence-corrected chi connectivity index (χ4v) is 2.62. The van der Waals surface area contributed by atoms with Crippen molar-refractivity contribution in [2.75, 3.05) is 6.54 Å². The third-order valence-electron chi connectivity index (χ3n) is 3.51. The molecular weight excluding hydrogens is 230 g/mol. The first-order chi connectivity index (χ1) is 9.35. The summed E-state index contributed by atoms with van der Waals surface area (Å²) in [5, 5.41) is 0. The molecule has 2 aromatic rings. The van der Waals surface area contributed by atoms with E-state index in [4.69, 9.17) is 5.73 Å². The first-order valence-corrected chi connectivity index (χ1v) is 7.18. The molecule has 2 aromatic carbocycles. The lowest BCUT2D eigenvalue weighted by atomic mass is 9.89. The molecule has 0 bridgehead atoms. The van der Waals surface area contributed by atoms with Gasteiger partial charge in [0.15, 0.2) is 0 Å². The Labute approximate surface area is 116 Å². The number of rotatable bonds is 0. The molecule has 0 saturated carbocycles. The minimum absolute atomic E-state index is 0.750. The molecule has 1 heteroatoms. The zero-order valence-electron chi connectivity index (χ0n) is 11.7. The predicted molar refractivity (Wildman–Crippen MR) is 82.4 cm³/mol. The average Bonchev–Trinajstić information content (AvgIpc) is 2.40. The first kappa shape index (κ1) is 13.8. The largest absolute Gasteiger partial charge is 0.331 e. The van der Waals surface area contributed by atoms with E-state index in [1.165, 1.54) is 41.5 Å². The van der Waals surface area contributed by atoms with Gasteiger partial charge in [0.25, 0.3) is 0 Å². The molecule has 0 radical (unpaired) electrons. The second-order valence-electron chi connectivity index (χ2n) is 4.98. The summed E-state index contributed by atoms with van der Waals surface area (Å²) in [7, 11) is 0. The van der Waals surface area contributed by atoms with Crippen LogP contribution >= 0.6 is 0 Å². The minimum Gasteiger partial charge on any atom is -0.331 e. The number of benzene rings is 2. The lowest BCUT2D eigenvalue weighted by Gasteiger charge is -2.16.